The molecule has 17 heavy (non-hydrogen) atoms. The molecule has 0 radical (unpaired) electrons. The van der Waals surface area contributed by atoms with Crippen LogP contribution in [0.15, 0.2) is 0 Å². The minimum Gasteiger partial charge on any atom is -0.476 e. The van der Waals surface area contributed by atoms with Gasteiger partial charge in [-0.05, 0) is 17.9 Å². The van der Waals surface area contributed by atoms with Gasteiger partial charge in [-0.2, -0.15) is 11.8 Å². The Morgan fingerprint density at radius 3 is 2.94 bits per heavy atom. The van der Waals surface area contributed by atoms with E-state index in [1.165, 1.54) is 7.11 Å². The Morgan fingerprint density at radius 2 is 2.35 bits per heavy atom. The Labute approximate surface area is 104 Å². The summed E-state index contributed by atoms with van der Waals surface area (Å²) in [5.74, 6) is 1.06. The van der Waals surface area contributed by atoms with Gasteiger partial charge in [0, 0.05) is 13.7 Å². The van der Waals surface area contributed by atoms with E-state index in [9.17, 15) is 4.79 Å². The first kappa shape index (κ1) is 14.0. The highest BCUT2D eigenvalue weighted by molar-refractivity contribution is 7.99. The molecule has 1 aromatic rings. The Hall–Kier alpha value is -1.08. The lowest BCUT2D eigenvalue weighted by molar-refractivity contribution is 0.0684. The van der Waals surface area contributed by atoms with E-state index in [-0.39, 0.29) is 12.3 Å². The monoisotopic (exact) mass is 259 g/mol. The van der Waals surface area contributed by atoms with Crippen LogP contribution in [0.5, 0.6) is 0 Å². The van der Waals surface area contributed by atoms with Crippen LogP contribution in [0.4, 0.5) is 0 Å². The summed E-state index contributed by atoms with van der Waals surface area (Å²) in [6, 6.07) is 0. The van der Waals surface area contributed by atoms with Gasteiger partial charge in [0.05, 0.1) is 12.3 Å². The molecule has 1 rings (SSSR count). The molecule has 6 nitrogen and oxygen atoms in total. The third kappa shape index (κ3) is 4.01. The molecule has 0 unspecified atom stereocenters. The number of thioether (sulfide) groups is 1. The van der Waals surface area contributed by atoms with Crippen LogP contribution in [0.25, 0.3) is 0 Å². The fourth-order valence-electron chi connectivity index (χ4n) is 1.42. The van der Waals surface area contributed by atoms with Crippen LogP contribution in [0, 0.1) is 0 Å². The summed E-state index contributed by atoms with van der Waals surface area (Å²) in [4.78, 5) is 10.9. The molecule has 0 atom stereocenters. The van der Waals surface area contributed by atoms with Gasteiger partial charge in [0.15, 0.2) is 5.69 Å². The second kappa shape index (κ2) is 7.29. The van der Waals surface area contributed by atoms with Crippen molar-refractivity contribution in [1.82, 2.24) is 15.0 Å². The number of carbonyl (C=O) groups is 1. The number of aryl methyl sites for hydroxylation is 1. The number of hydrogen-bond donors (Lipinski definition) is 1. The molecule has 1 aromatic heterocycles. The zero-order valence-corrected chi connectivity index (χ0v) is 10.9. The van der Waals surface area contributed by atoms with Crippen molar-refractivity contribution in [3.8, 4) is 0 Å². The maximum atomic E-state index is 10.9. The highest BCUT2D eigenvalue weighted by Gasteiger charge is 2.18. The Bertz CT molecular complexity index is 368. The number of aromatic carboxylic acids is 1. The Kier molecular flexibility index (Phi) is 5.99. The molecule has 0 aliphatic heterocycles. The third-order valence-corrected chi connectivity index (χ3v) is 3.17. The number of hydrogen-bond acceptors (Lipinski definition) is 5. The summed E-state index contributed by atoms with van der Waals surface area (Å²) in [5.41, 5.74) is 0.511. The van der Waals surface area contributed by atoms with E-state index in [4.69, 9.17) is 9.84 Å². The summed E-state index contributed by atoms with van der Waals surface area (Å²) in [6.45, 7) is 3.00. The summed E-state index contributed by atoms with van der Waals surface area (Å²) < 4.78 is 6.59. The first-order valence-electron chi connectivity index (χ1n) is 5.43. The van der Waals surface area contributed by atoms with Crippen LogP contribution >= 0.6 is 11.8 Å². The third-order valence-electron chi connectivity index (χ3n) is 2.18. The van der Waals surface area contributed by atoms with Crippen molar-refractivity contribution in [2.24, 2.45) is 0 Å². The van der Waals surface area contributed by atoms with Gasteiger partial charge < -0.3 is 9.84 Å². The first-order valence-corrected chi connectivity index (χ1v) is 6.58. The molecular formula is C10H17N3O3S. The Balaban J connectivity index is 2.67. The highest BCUT2D eigenvalue weighted by Crippen LogP contribution is 2.09. The lowest BCUT2D eigenvalue weighted by Crippen LogP contribution is -2.10. The number of ether oxygens (including phenoxy) is 1. The highest BCUT2D eigenvalue weighted by atomic mass is 32.2. The number of carboxylic acids is 1. The SMILES string of the molecule is CCSCCCn1nnc(C(=O)O)c1COC. The van der Waals surface area contributed by atoms with Crippen molar-refractivity contribution < 1.29 is 14.6 Å². The largest absolute Gasteiger partial charge is 0.476 e. The lowest BCUT2D eigenvalue weighted by atomic mass is 10.3. The molecule has 0 aliphatic rings. The molecule has 1 N–H and O–H groups in total. The molecule has 0 saturated heterocycles. The summed E-state index contributed by atoms with van der Waals surface area (Å²) in [7, 11) is 1.52. The molecule has 0 amide bonds. The van der Waals surface area contributed by atoms with E-state index < -0.39 is 5.97 Å². The second-order valence-electron chi connectivity index (χ2n) is 3.40. The minimum atomic E-state index is -1.06. The minimum absolute atomic E-state index is 0.0185. The quantitative estimate of drug-likeness (QED) is 0.708. The van der Waals surface area contributed by atoms with Gasteiger partial charge in [-0.1, -0.05) is 12.1 Å². The normalized spacial score (nSPS) is 10.7. The predicted octanol–water partition coefficient (Wildman–Crippen LogP) is 1.27. The molecule has 0 aliphatic carbocycles. The molecule has 0 spiro atoms. The van der Waals surface area contributed by atoms with Crippen molar-refractivity contribution in [1.29, 1.82) is 0 Å². The first-order chi connectivity index (χ1) is 8.20. The van der Waals surface area contributed by atoms with Crippen molar-refractivity contribution in [3.05, 3.63) is 11.4 Å². The predicted molar refractivity (Wildman–Crippen MR) is 65.3 cm³/mol. The average Bonchev–Trinajstić information content (AvgIpc) is 2.69. The number of rotatable bonds is 8. The van der Waals surface area contributed by atoms with Gasteiger partial charge in [0.25, 0.3) is 0 Å². The maximum absolute atomic E-state index is 10.9. The van der Waals surface area contributed by atoms with Crippen molar-refractivity contribution >= 4 is 17.7 Å². The van der Waals surface area contributed by atoms with E-state index in [0.29, 0.717) is 12.2 Å². The van der Waals surface area contributed by atoms with Gasteiger partial charge >= 0.3 is 5.97 Å². The van der Waals surface area contributed by atoms with Crippen molar-refractivity contribution in [2.75, 3.05) is 18.6 Å². The maximum Gasteiger partial charge on any atom is 0.358 e. The fourth-order valence-corrected chi connectivity index (χ4v) is 2.04. The smallest absolute Gasteiger partial charge is 0.358 e. The van der Waals surface area contributed by atoms with E-state index >= 15 is 0 Å². The summed E-state index contributed by atoms with van der Waals surface area (Å²) >= 11 is 1.85. The zero-order valence-electron chi connectivity index (χ0n) is 10.0. The Morgan fingerprint density at radius 1 is 1.59 bits per heavy atom. The van der Waals surface area contributed by atoms with Crippen molar-refractivity contribution in [3.63, 3.8) is 0 Å². The number of aromatic nitrogens is 3. The standard InChI is InChI=1S/C10H17N3O3S/c1-3-17-6-4-5-13-8(7-16-2)9(10(14)15)11-12-13/h3-7H2,1-2H3,(H,14,15). The van der Waals surface area contributed by atoms with E-state index in [0.717, 1.165) is 17.9 Å². The fraction of sp³-hybridized carbons (Fsp3) is 0.700. The molecule has 7 heteroatoms. The van der Waals surface area contributed by atoms with Crippen LogP contribution in [0.3, 0.4) is 0 Å². The summed E-state index contributed by atoms with van der Waals surface area (Å²) in [6.07, 6.45) is 0.942. The van der Waals surface area contributed by atoms with Gasteiger partial charge in [-0.3, -0.25) is 0 Å². The molecule has 1 heterocycles. The zero-order chi connectivity index (χ0) is 12.7. The average molecular weight is 259 g/mol. The molecule has 0 aromatic carbocycles. The molecule has 0 bridgehead atoms. The summed E-state index contributed by atoms with van der Waals surface area (Å²) in [5, 5.41) is 16.4. The molecule has 0 fully saturated rings. The number of methoxy groups -OCH3 is 1. The van der Waals surface area contributed by atoms with Crippen LogP contribution in [-0.2, 0) is 17.9 Å². The van der Waals surface area contributed by atoms with Crippen LogP contribution in [0.1, 0.15) is 29.5 Å². The molecular weight excluding hydrogens is 242 g/mol. The van der Waals surface area contributed by atoms with Gasteiger partial charge in [-0.15, -0.1) is 5.10 Å². The van der Waals surface area contributed by atoms with Crippen LogP contribution < -0.4 is 0 Å². The molecule has 96 valence electrons. The number of nitrogens with zero attached hydrogens (tertiary/aromatic N) is 3. The topological polar surface area (TPSA) is 77.2 Å². The van der Waals surface area contributed by atoms with Crippen LogP contribution in [-0.4, -0.2) is 44.7 Å². The van der Waals surface area contributed by atoms with E-state index in [2.05, 4.69) is 17.2 Å². The lowest BCUT2D eigenvalue weighted by Gasteiger charge is -2.05. The van der Waals surface area contributed by atoms with Gasteiger partial charge in [0.2, 0.25) is 0 Å². The number of carboxylic acid groups (broad SMARTS) is 1. The molecule has 0 saturated carbocycles. The second-order valence-corrected chi connectivity index (χ2v) is 4.79. The van der Waals surface area contributed by atoms with E-state index in [1.807, 2.05) is 11.8 Å². The van der Waals surface area contributed by atoms with Crippen LogP contribution in [0.2, 0.25) is 0 Å². The van der Waals surface area contributed by atoms with Crippen molar-refractivity contribution in [2.45, 2.75) is 26.5 Å². The van der Waals surface area contributed by atoms with Gasteiger partial charge in [0.1, 0.15) is 0 Å². The van der Waals surface area contributed by atoms with E-state index in [1.54, 1.807) is 4.68 Å². The van der Waals surface area contributed by atoms with Gasteiger partial charge in [-0.25, -0.2) is 9.48 Å².